The molecule has 1 heterocycles. The fraction of sp³-hybridized carbons (Fsp3) is 0.227. The molecule has 0 atom stereocenters. The number of pyridine rings is 1. The van der Waals surface area contributed by atoms with Gasteiger partial charge in [-0.15, -0.1) is 0 Å². The van der Waals surface area contributed by atoms with Crippen molar-refractivity contribution in [1.82, 2.24) is 10.3 Å². The van der Waals surface area contributed by atoms with Crippen LogP contribution in [0.3, 0.4) is 0 Å². The third kappa shape index (κ3) is 4.42. The molecule has 4 nitrogen and oxygen atoms in total. The van der Waals surface area contributed by atoms with E-state index in [-0.39, 0.29) is 18.2 Å². The molecule has 0 bridgehead atoms. The van der Waals surface area contributed by atoms with Crippen LogP contribution in [0.15, 0.2) is 59.1 Å². The zero-order valence-corrected chi connectivity index (χ0v) is 17.1. The SMILES string of the molecule is CC(C)(C)C(=O)CNC(=O)c1cc(-c2cccc(Br)c2)nc2ccccc12. The van der Waals surface area contributed by atoms with Gasteiger partial charge in [-0.1, -0.05) is 67.0 Å². The van der Waals surface area contributed by atoms with Crippen molar-refractivity contribution in [3.8, 4) is 11.3 Å². The number of nitrogens with zero attached hydrogens (tertiary/aromatic N) is 1. The van der Waals surface area contributed by atoms with E-state index in [9.17, 15) is 9.59 Å². The van der Waals surface area contributed by atoms with Crippen LogP contribution in [-0.2, 0) is 4.79 Å². The van der Waals surface area contributed by atoms with E-state index in [0.29, 0.717) is 11.3 Å². The molecule has 3 aromatic rings. The first-order chi connectivity index (χ1) is 12.8. The molecule has 0 saturated heterocycles. The predicted molar refractivity (Wildman–Crippen MR) is 112 cm³/mol. The number of benzene rings is 2. The Balaban J connectivity index is 2.01. The van der Waals surface area contributed by atoms with E-state index in [0.717, 1.165) is 20.9 Å². The Hall–Kier alpha value is -2.53. The lowest BCUT2D eigenvalue weighted by molar-refractivity contribution is -0.125. The summed E-state index contributed by atoms with van der Waals surface area (Å²) in [4.78, 5) is 29.7. The summed E-state index contributed by atoms with van der Waals surface area (Å²) in [5.74, 6) is -0.288. The number of nitrogens with one attached hydrogen (secondary N) is 1. The van der Waals surface area contributed by atoms with Crippen molar-refractivity contribution in [2.75, 3.05) is 6.54 Å². The zero-order chi connectivity index (χ0) is 19.6. The van der Waals surface area contributed by atoms with Crippen LogP contribution in [0.5, 0.6) is 0 Å². The number of ketones is 1. The van der Waals surface area contributed by atoms with Gasteiger partial charge in [0.2, 0.25) is 0 Å². The predicted octanol–water partition coefficient (Wildman–Crippen LogP) is 5.01. The second-order valence-electron chi connectivity index (χ2n) is 7.44. The Morgan fingerprint density at radius 1 is 1.04 bits per heavy atom. The second-order valence-corrected chi connectivity index (χ2v) is 8.35. The first kappa shape index (κ1) is 19.2. The Labute approximate surface area is 167 Å². The lowest BCUT2D eigenvalue weighted by atomic mass is 9.91. The summed E-state index contributed by atoms with van der Waals surface area (Å²) < 4.78 is 0.941. The third-order valence-electron chi connectivity index (χ3n) is 4.33. The monoisotopic (exact) mass is 424 g/mol. The lowest BCUT2D eigenvalue weighted by Crippen LogP contribution is -2.35. The van der Waals surface area contributed by atoms with Gasteiger partial charge in [-0.3, -0.25) is 9.59 Å². The van der Waals surface area contributed by atoms with Crippen LogP contribution in [0, 0.1) is 5.41 Å². The molecule has 0 aliphatic heterocycles. The lowest BCUT2D eigenvalue weighted by Gasteiger charge is -2.17. The molecule has 138 valence electrons. The minimum atomic E-state index is -0.491. The molecule has 3 rings (SSSR count). The highest BCUT2D eigenvalue weighted by atomic mass is 79.9. The molecule has 5 heteroatoms. The Kier molecular flexibility index (Phi) is 5.42. The maximum atomic E-state index is 12.8. The van der Waals surface area contributed by atoms with Crippen molar-refractivity contribution >= 4 is 38.5 Å². The van der Waals surface area contributed by atoms with Crippen LogP contribution >= 0.6 is 15.9 Å². The van der Waals surface area contributed by atoms with Crippen LogP contribution in [0.4, 0.5) is 0 Å². The topological polar surface area (TPSA) is 59.1 Å². The number of carbonyl (C=O) groups is 2. The normalized spacial score (nSPS) is 11.4. The van der Waals surface area contributed by atoms with E-state index in [4.69, 9.17) is 4.98 Å². The minimum absolute atomic E-state index is 0.00516. The fourth-order valence-corrected chi connectivity index (χ4v) is 3.08. The molecule has 27 heavy (non-hydrogen) atoms. The minimum Gasteiger partial charge on any atom is -0.345 e. The molecule has 0 aliphatic rings. The number of hydrogen-bond acceptors (Lipinski definition) is 3. The van der Waals surface area contributed by atoms with Gasteiger partial charge >= 0.3 is 0 Å². The van der Waals surface area contributed by atoms with Crippen molar-refractivity contribution in [1.29, 1.82) is 0 Å². The van der Waals surface area contributed by atoms with Gasteiger partial charge in [0.05, 0.1) is 23.3 Å². The summed E-state index contributed by atoms with van der Waals surface area (Å²) >= 11 is 3.47. The van der Waals surface area contributed by atoms with Gasteiger partial charge in [0.25, 0.3) is 5.91 Å². The van der Waals surface area contributed by atoms with Gasteiger partial charge < -0.3 is 5.32 Å². The summed E-state index contributed by atoms with van der Waals surface area (Å²) in [6, 6.07) is 17.1. The largest absolute Gasteiger partial charge is 0.345 e. The maximum Gasteiger partial charge on any atom is 0.252 e. The van der Waals surface area contributed by atoms with Crippen LogP contribution in [-0.4, -0.2) is 23.2 Å². The maximum absolute atomic E-state index is 12.8. The average molecular weight is 425 g/mol. The molecule has 1 aromatic heterocycles. The van der Waals surface area contributed by atoms with E-state index in [1.165, 1.54) is 0 Å². The standard InChI is InChI=1S/C22H21BrN2O2/c1-22(2,3)20(26)13-24-21(27)17-12-19(14-7-6-8-15(23)11-14)25-18-10-5-4-9-16(17)18/h4-12H,13H2,1-3H3,(H,24,27). The van der Waals surface area contributed by atoms with Gasteiger partial charge in [-0.2, -0.15) is 0 Å². The number of carbonyl (C=O) groups excluding carboxylic acids is 2. The van der Waals surface area contributed by atoms with Crippen LogP contribution in [0.25, 0.3) is 22.2 Å². The highest BCUT2D eigenvalue weighted by Crippen LogP contribution is 2.26. The summed E-state index contributed by atoms with van der Waals surface area (Å²) in [6.07, 6.45) is 0. The van der Waals surface area contributed by atoms with Crippen molar-refractivity contribution in [3.05, 3.63) is 64.6 Å². The second kappa shape index (κ2) is 7.61. The number of halogens is 1. The molecule has 0 radical (unpaired) electrons. The molecule has 0 fully saturated rings. The molecule has 0 unspecified atom stereocenters. The third-order valence-corrected chi connectivity index (χ3v) is 4.82. The van der Waals surface area contributed by atoms with Crippen molar-refractivity contribution in [2.45, 2.75) is 20.8 Å². The summed E-state index contributed by atoms with van der Waals surface area (Å²) in [5, 5.41) is 3.52. The van der Waals surface area contributed by atoms with Gasteiger partial charge in [0, 0.05) is 20.8 Å². The van der Waals surface area contributed by atoms with Crippen LogP contribution < -0.4 is 5.32 Å². The molecular weight excluding hydrogens is 404 g/mol. The number of amides is 1. The summed E-state index contributed by atoms with van der Waals surface area (Å²) in [6.45, 7) is 5.53. The quantitative estimate of drug-likeness (QED) is 0.640. The first-order valence-corrected chi connectivity index (χ1v) is 9.52. The number of rotatable bonds is 4. The summed E-state index contributed by atoms with van der Waals surface area (Å²) in [7, 11) is 0. The number of fused-ring (bicyclic) bond motifs is 1. The van der Waals surface area contributed by atoms with Crippen molar-refractivity contribution in [2.24, 2.45) is 5.41 Å². The highest BCUT2D eigenvalue weighted by molar-refractivity contribution is 9.10. The zero-order valence-electron chi connectivity index (χ0n) is 15.5. The van der Waals surface area contributed by atoms with Gasteiger partial charge in [0.15, 0.2) is 5.78 Å². The average Bonchev–Trinajstić information content (AvgIpc) is 2.64. The van der Waals surface area contributed by atoms with Crippen molar-refractivity contribution in [3.63, 3.8) is 0 Å². The van der Waals surface area contributed by atoms with Gasteiger partial charge in [-0.25, -0.2) is 4.98 Å². The van der Waals surface area contributed by atoms with Crippen molar-refractivity contribution < 1.29 is 9.59 Å². The Morgan fingerprint density at radius 3 is 2.48 bits per heavy atom. The Bertz CT molecular complexity index is 1020. The number of aromatic nitrogens is 1. The molecule has 0 aliphatic carbocycles. The molecule has 2 aromatic carbocycles. The van der Waals surface area contributed by atoms with E-state index >= 15 is 0 Å². The first-order valence-electron chi connectivity index (χ1n) is 8.73. The summed E-state index contributed by atoms with van der Waals surface area (Å²) in [5.41, 5.74) is 2.38. The molecule has 1 amide bonds. The van der Waals surface area contributed by atoms with E-state index in [1.807, 2.05) is 69.3 Å². The molecular formula is C22H21BrN2O2. The van der Waals surface area contributed by atoms with Gasteiger partial charge in [-0.05, 0) is 24.3 Å². The smallest absolute Gasteiger partial charge is 0.252 e. The molecule has 0 spiro atoms. The Morgan fingerprint density at radius 2 is 1.78 bits per heavy atom. The number of Topliss-reactive ketones (excluding diaryl/α,β-unsaturated/α-hetero) is 1. The molecule has 0 saturated carbocycles. The van der Waals surface area contributed by atoms with Gasteiger partial charge in [0.1, 0.15) is 0 Å². The highest BCUT2D eigenvalue weighted by Gasteiger charge is 2.22. The van der Waals surface area contributed by atoms with Crippen LogP contribution in [0.2, 0.25) is 0 Å². The fourth-order valence-electron chi connectivity index (χ4n) is 2.68. The van der Waals surface area contributed by atoms with E-state index in [2.05, 4.69) is 21.2 Å². The van der Waals surface area contributed by atoms with Crippen LogP contribution in [0.1, 0.15) is 31.1 Å². The number of hydrogen-bond donors (Lipinski definition) is 1. The van der Waals surface area contributed by atoms with E-state index < -0.39 is 5.41 Å². The molecule has 1 N–H and O–H groups in total. The number of para-hydroxylation sites is 1. The van der Waals surface area contributed by atoms with E-state index in [1.54, 1.807) is 6.07 Å².